The molecule has 128 valence electrons. The van der Waals surface area contributed by atoms with Crippen molar-refractivity contribution in [2.24, 2.45) is 0 Å². The minimum atomic E-state index is -0.789. The molecule has 4 aromatic rings. The van der Waals surface area contributed by atoms with Crippen LogP contribution in [0.15, 0.2) is 84.9 Å². The normalized spacial score (nSPS) is 10.9. The van der Waals surface area contributed by atoms with Gasteiger partial charge in [0, 0.05) is 23.0 Å². The van der Waals surface area contributed by atoms with Gasteiger partial charge in [-0.05, 0) is 17.2 Å². The highest BCUT2D eigenvalue weighted by Crippen LogP contribution is 2.40. The molecule has 1 aromatic heterocycles. The van der Waals surface area contributed by atoms with Gasteiger partial charge in [-0.25, -0.2) is 0 Å². The highest BCUT2D eigenvalue weighted by molar-refractivity contribution is 6.04. The largest absolute Gasteiger partial charge is 0.481 e. The molecule has 0 spiro atoms. The average Bonchev–Trinajstić information content (AvgIpc) is 3.02. The number of benzene rings is 3. The number of carboxylic acids is 1. The monoisotopic (exact) mass is 341 g/mol. The number of rotatable bonds is 5. The second-order valence-corrected chi connectivity index (χ2v) is 6.27. The van der Waals surface area contributed by atoms with E-state index in [0.717, 1.165) is 33.3 Å². The van der Waals surface area contributed by atoms with E-state index in [1.54, 1.807) is 0 Å². The summed E-state index contributed by atoms with van der Waals surface area (Å²) in [5.74, 6) is -0.789. The third-order valence-corrected chi connectivity index (χ3v) is 4.63. The van der Waals surface area contributed by atoms with Crippen molar-refractivity contribution in [1.29, 1.82) is 0 Å². The summed E-state index contributed by atoms with van der Waals surface area (Å²) in [5.41, 5.74) is 5.51. The zero-order chi connectivity index (χ0) is 17.9. The van der Waals surface area contributed by atoms with E-state index in [4.69, 9.17) is 0 Å². The molecule has 0 amide bonds. The molecular formula is C23H19NO2. The summed E-state index contributed by atoms with van der Waals surface area (Å²) in [6.07, 6.45) is 0.0900. The zero-order valence-electron chi connectivity index (χ0n) is 14.3. The van der Waals surface area contributed by atoms with Crippen LogP contribution >= 0.6 is 0 Å². The van der Waals surface area contributed by atoms with Gasteiger partial charge in [0.2, 0.25) is 0 Å². The fourth-order valence-corrected chi connectivity index (χ4v) is 3.54. The van der Waals surface area contributed by atoms with Gasteiger partial charge in [-0.15, -0.1) is 0 Å². The molecule has 0 fully saturated rings. The second-order valence-electron chi connectivity index (χ2n) is 6.27. The van der Waals surface area contributed by atoms with Crippen LogP contribution in [-0.4, -0.2) is 15.6 Å². The first-order valence-corrected chi connectivity index (χ1v) is 8.69. The zero-order valence-corrected chi connectivity index (χ0v) is 14.3. The van der Waals surface area contributed by atoms with E-state index in [1.165, 1.54) is 0 Å². The van der Waals surface area contributed by atoms with Crippen molar-refractivity contribution in [2.75, 3.05) is 0 Å². The summed E-state index contributed by atoms with van der Waals surface area (Å²) in [6.45, 7) is 0.437. The van der Waals surface area contributed by atoms with Crippen LogP contribution in [0.25, 0.3) is 33.3 Å². The second kappa shape index (κ2) is 6.89. The fraction of sp³-hybridized carbons (Fsp3) is 0.0870. The quantitative estimate of drug-likeness (QED) is 0.524. The van der Waals surface area contributed by atoms with Crippen LogP contribution in [-0.2, 0) is 11.3 Å². The summed E-state index contributed by atoms with van der Waals surface area (Å²) < 4.78 is 2.14. The SMILES string of the molecule is O=C(O)CCn1c(-c2ccccc2)c(-c2ccccc2)c2ccccc21. The molecule has 0 unspecified atom stereocenters. The third-order valence-electron chi connectivity index (χ3n) is 4.63. The summed E-state index contributed by atoms with van der Waals surface area (Å²) in [7, 11) is 0. The predicted molar refractivity (Wildman–Crippen MR) is 105 cm³/mol. The number of carbonyl (C=O) groups is 1. The molecule has 0 aliphatic heterocycles. The number of aromatic nitrogens is 1. The van der Waals surface area contributed by atoms with Gasteiger partial charge in [0.25, 0.3) is 0 Å². The molecule has 0 saturated carbocycles. The van der Waals surface area contributed by atoms with E-state index in [2.05, 4.69) is 41.0 Å². The van der Waals surface area contributed by atoms with E-state index in [0.29, 0.717) is 6.54 Å². The van der Waals surface area contributed by atoms with Crippen LogP contribution in [0.3, 0.4) is 0 Å². The summed E-state index contributed by atoms with van der Waals surface area (Å²) >= 11 is 0. The lowest BCUT2D eigenvalue weighted by molar-refractivity contribution is -0.137. The molecule has 4 rings (SSSR count). The van der Waals surface area contributed by atoms with Crippen LogP contribution in [0.5, 0.6) is 0 Å². The van der Waals surface area contributed by atoms with Crippen molar-refractivity contribution < 1.29 is 9.90 Å². The van der Waals surface area contributed by atoms with Gasteiger partial charge in [0.1, 0.15) is 0 Å². The Labute approximate surface area is 152 Å². The van der Waals surface area contributed by atoms with Crippen molar-refractivity contribution in [3.05, 3.63) is 84.9 Å². The maximum Gasteiger partial charge on any atom is 0.305 e. The van der Waals surface area contributed by atoms with Crippen LogP contribution in [0.1, 0.15) is 6.42 Å². The van der Waals surface area contributed by atoms with Gasteiger partial charge in [0.05, 0.1) is 12.1 Å². The Balaban J connectivity index is 2.06. The van der Waals surface area contributed by atoms with Crippen molar-refractivity contribution in [3.63, 3.8) is 0 Å². The van der Waals surface area contributed by atoms with E-state index >= 15 is 0 Å². The van der Waals surface area contributed by atoms with Gasteiger partial charge in [-0.3, -0.25) is 4.79 Å². The van der Waals surface area contributed by atoms with E-state index in [9.17, 15) is 9.90 Å². The average molecular weight is 341 g/mol. The number of aliphatic carboxylic acids is 1. The molecule has 3 heteroatoms. The van der Waals surface area contributed by atoms with Gasteiger partial charge < -0.3 is 9.67 Å². The first-order valence-electron chi connectivity index (χ1n) is 8.69. The number of hydrogen-bond donors (Lipinski definition) is 1. The van der Waals surface area contributed by atoms with Crippen LogP contribution < -0.4 is 0 Å². The Kier molecular flexibility index (Phi) is 4.28. The Morgan fingerprint density at radius 2 is 1.35 bits per heavy atom. The maximum atomic E-state index is 11.2. The molecule has 0 radical (unpaired) electrons. The van der Waals surface area contributed by atoms with Crippen LogP contribution in [0.4, 0.5) is 0 Å². The van der Waals surface area contributed by atoms with E-state index in [1.807, 2.05) is 48.5 Å². The number of fused-ring (bicyclic) bond motifs is 1. The van der Waals surface area contributed by atoms with Gasteiger partial charge in [-0.2, -0.15) is 0 Å². The van der Waals surface area contributed by atoms with Crippen LogP contribution in [0.2, 0.25) is 0 Å². The number of para-hydroxylation sites is 1. The molecule has 0 aliphatic carbocycles. The molecule has 1 N–H and O–H groups in total. The smallest absolute Gasteiger partial charge is 0.305 e. The number of carboxylic acid groups (broad SMARTS) is 1. The molecule has 0 bridgehead atoms. The topological polar surface area (TPSA) is 42.2 Å². The lowest BCUT2D eigenvalue weighted by Crippen LogP contribution is -2.06. The molecular weight excluding hydrogens is 322 g/mol. The minimum Gasteiger partial charge on any atom is -0.481 e. The molecule has 26 heavy (non-hydrogen) atoms. The summed E-state index contributed by atoms with van der Waals surface area (Å²) in [4.78, 5) is 11.2. The van der Waals surface area contributed by atoms with Crippen molar-refractivity contribution in [2.45, 2.75) is 13.0 Å². The number of nitrogens with zero attached hydrogens (tertiary/aromatic N) is 1. The maximum absolute atomic E-state index is 11.2. The first-order chi connectivity index (χ1) is 12.8. The Morgan fingerprint density at radius 1 is 0.769 bits per heavy atom. The van der Waals surface area contributed by atoms with Crippen molar-refractivity contribution in [1.82, 2.24) is 4.57 Å². The standard InChI is InChI=1S/C23H19NO2/c25-21(26)15-16-24-20-14-8-7-13-19(20)22(17-9-3-1-4-10-17)23(24)18-11-5-2-6-12-18/h1-14H,15-16H2,(H,25,26). The first kappa shape index (κ1) is 16.2. The summed E-state index contributed by atoms with van der Waals surface area (Å²) in [5, 5.41) is 10.4. The predicted octanol–water partition coefficient (Wildman–Crippen LogP) is 5.45. The molecule has 0 aliphatic rings. The molecule has 3 aromatic carbocycles. The lowest BCUT2D eigenvalue weighted by atomic mass is 9.98. The molecule has 0 atom stereocenters. The summed E-state index contributed by atoms with van der Waals surface area (Å²) in [6, 6.07) is 28.7. The molecule has 3 nitrogen and oxygen atoms in total. The highest BCUT2D eigenvalue weighted by atomic mass is 16.4. The Morgan fingerprint density at radius 3 is 2.00 bits per heavy atom. The van der Waals surface area contributed by atoms with Gasteiger partial charge >= 0.3 is 5.97 Å². The molecule has 0 saturated heterocycles. The molecule has 1 heterocycles. The highest BCUT2D eigenvalue weighted by Gasteiger charge is 2.19. The lowest BCUT2D eigenvalue weighted by Gasteiger charge is -2.12. The Bertz CT molecular complexity index is 1050. The van der Waals surface area contributed by atoms with Gasteiger partial charge in [-0.1, -0.05) is 78.9 Å². The Hall–Kier alpha value is -3.33. The van der Waals surface area contributed by atoms with Crippen molar-refractivity contribution in [3.8, 4) is 22.4 Å². The third kappa shape index (κ3) is 2.88. The van der Waals surface area contributed by atoms with Crippen molar-refractivity contribution >= 4 is 16.9 Å². The number of hydrogen-bond acceptors (Lipinski definition) is 1. The number of aryl methyl sites for hydroxylation is 1. The van der Waals surface area contributed by atoms with E-state index in [-0.39, 0.29) is 6.42 Å². The van der Waals surface area contributed by atoms with Gasteiger partial charge in [0.15, 0.2) is 0 Å². The minimum absolute atomic E-state index is 0.0900. The fourth-order valence-electron chi connectivity index (χ4n) is 3.54. The van der Waals surface area contributed by atoms with Crippen LogP contribution in [0, 0.1) is 0 Å². The van der Waals surface area contributed by atoms with E-state index < -0.39 is 5.97 Å².